The van der Waals surface area contributed by atoms with E-state index in [1.54, 1.807) is 11.0 Å². The standard InChI is InChI=1S/C37H41N7O4/c1-27-17-28(2)19-31(18-27)25-42-16-15-41(37(42)32(22-38)23-39)14-11-36(46)43(26-30-9-10-35(45)34(21-30)44(47)48)33-8-6-7-29(20-33)24-40-12-4-3-5-13-40/h6-10,17-21,45H,3-5,11-16,24-26H2,1-2H3. The highest BCUT2D eigenvalue weighted by atomic mass is 16.6. The molecule has 11 heteroatoms. The number of carbonyl (C=O) groups excluding carboxylic acids is 1. The molecule has 1 N–H and O–H groups in total. The van der Waals surface area contributed by atoms with E-state index in [0.717, 1.165) is 54.7 Å². The second-order valence-corrected chi connectivity index (χ2v) is 12.6. The molecule has 3 aromatic carbocycles. The number of aryl methyl sites for hydroxylation is 2. The van der Waals surface area contributed by atoms with Gasteiger partial charge in [0.25, 0.3) is 0 Å². The van der Waals surface area contributed by atoms with Crippen LogP contribution in [0.25, 0.3) is 0 Å². The lowest BCUT2D eigenvalue weighted by molar-refractivity contribution is -0.385. The molecule has 2 heterocycles. The molecule has 0 atom stereocenters. The fourth-order valence-electron chi connectivity index (χ4n) is 6.73. The van der Waals surface area contributed by atoms with Crippen molar-refractivity contribution in [2.24, 2.45) is 0 Å². The number of nitro groups is 1. The normalized spacial score (nSPS) is 14.8. The molecule has 0 spiro atoms. The molecule has 0 bridgehead atoms. The monoisotopic (exact) mass is 647 g/mol. The molecule has 2 aliphatic heterocycles. The lowest BCUT2D eigenvalue weighted by atomic mass is 10.1. The zero-order valence-electron chi connectivity index (χ0n) is 27.6. The Balaban J connectivity index is 1.39. The number of benzene rings is 3. The number of aromatic hydroxyl groups is 1. The van der Waals surface area contributed by atoms with Crippen molar-refractivity contribution in [1.29, 1.82) is 10.5 Å². The van der Waals surface area contributed by atoms with Crippen LogP contribution in [-0.4, -0.2) is 63.4 Å². The minimum Gasteiger partial charge on any atom is -0.502 e. The molecule has 0 radical (unpaired) electrons. The predicted molar refractivity (Wildman–Crippen MR) is 182 cm³/mol. The second-order valence-electron chi connectivity index (χ2n) is 12.6. The van der Waals surface area contributed by atoms with Crippen molar-refractivity contribution in [3.63, 3.8) is 0 Å². The number of allylic oxidation sites excluding steroid dienone is 1. The summed E-state index contributed by atoms with van der Waals surface area (Å²) in [6, 6.07) is 22.4. The average molecular weight is 648 g/mol. The van der Waals surface area contributed by atoms with E-state index in [1.165, 1.54) is 18.6 Å². The predicted octanol–water partition coefficient (Wildman–Crippen LogP) is 5.90. The number of hydrogen-bond donors (Lipinski definition) is 1. The molecular formula is C37H41N7O4. The van der Waals surface area contributed by atoms with E-state index in [0.29, 0.717) is 36.7 Å². The molecule has 2 saturated heterocycles. The van der Waals surface area contributed by atoms with E-state index in [2.05, 4.69) is 35.2 Å². The Morgan fingerprint density at radius 1 is 0.875 bits per heavy atom. The summed E-state index contributed by atoms with van der Waals surface area (Å²) in [6.07, 6.45) is 3.65. The number of nitriles is 2. The van der Waals surface area contributed by atoms with Crippen LogP contribution in [0.2, 0.25) is 0 Å². The third-order valence-corrected chi connectivity index (χ3v) is 8.89. The fourth-order valence-corrected chi connectivity index (χ4v) is 6.73. The summed E-state index contributed by atoms with van der Waals surface area (Å²) >= 11 is 0. The molecular weight excluding hydrogens is 606 g/mol. The maximum absolute atomic E-state index is 14.1. The van der Waals surface area contributed by atoms with Gasteiger partial charge in [0.1, 0.15) is 18.0 Å². The quantitative estimate of drug-likeness (QED) is 0.153. The molecule has 0 aliphatic carbocycles. The number of amides is 1. The van der Waals surface area contributed by atoms with E-state index < -0.39 is 16.4 Å². The van der Waals surface area contributed by atoms with Crippen LogP contribution in [0, 0.1) is 46.6 Å². The van der Waals surface area contributed by atoms with Gasteiger partial charge in [0.05, 0.1) is 11.5 Å². The average Bonchev–Trinajstić information content (AvgIpc) is 3.45. The van der Waals surface area contributed by atoms with Crippen LogP contribution in [-0.2, 0) is 24.4 Å². The molecule has 0 unspecified atom stereocenters. The van der Waals surface area contributed by atoms with Crippen LogP contribution in [0.5, 0.6) is 5.75 Å². The van der Waals surface area contributed by atoms with Gasteiger partial charge in [-0.1, -0.05) is 53.9 Å². The van der Waals surface area contributed by atoms with E-state index in [9.17, 15) is 30.5 Å². The van der Waals surface area contributed by atoms with Gasteiger partial charge < -0.3 is 19.8 Å². The Morgan fingerprint density at radius 3 is 2.27 bits per heavy atom. The highest BCUT2D eigenvalue weighted by molar-refractivity contribution is 5.93. The number of nitrogens with zero attached hydrogens (tertiary/aromatic N) is 7. The number of piperidine rings is 1. The van der Waals surface area contributed by atoms with Crippen LogP contribution in [0.3, 0.4) is 0 Å². The molecule has 2 fully saturated rings. The third-order valence-electron chi connectivity index (χ3n) is 8.89. The highest BCUT2D eigenvalue weighted by Gasteiger charge is 2.30. The van der Waals surface area contributed by atoms with Crippen LogP contribution < -0.4 is 4.90 Å². The largest absolute Gasteiger partial charge is 0.502 e. The van der Waals surface area contributed by atoms with Crippen molar-refractivity contribution in [3.8, 4) is 17.9 Å². The van der Waals surface area contributed by atoms with Crippen molar-refractivity contribution in [1.82, 2.24) is 14.7 Å². The molecule has 48 heavy (non-hydrogen) atoms. The maximum Gasteiger partial charge on any atom is 0.311 e. The molecule has 5 rings (SSSR count). The first-order valence-electron chi connectivity index (χ1n) is 16.3. The molecule has 2 aliphatic rings. The summed E-state index contributed by atoms with van der Waals surface area (Å²) in [5.74, 6) is -0.116. The van der Waals surface area contributed by atoms with Crippen molar-refractivity contribution in [3.05, 3.63) is 110 Å². The number of phenols is 1. The summed E-state index contributed by atoms with van der Waals surface area (Å²) in [5, 5.41) is 41.3. The van der Waals surface area contributed by atoms with Gasteiger partial charge in [0.2, 0.25) is 5.91 Å². The van der Waals surface area contributed by atoms with Gasteiger partial charge >= 0.3 is 5.69 Å². The number of carbonyl (C=O) groups is 1. The molecule has 11 nitrogen and oxygen atoms in total. The van der Waals surface area contributed by atoms with E-state index >= 15 is 0 Å². The molecule has 0 saturated carbocycles. The summed E-state index contributed by atoms with van der Waals surface area (Å²) in [5.41, 5.74) is 5.19. The first-order chi connectivity index (χ1) is 23.1. The first kappa shape index (κ1) is 34.0. The minimum absolute atomic E-state index is 0.00277. The number of hydrogen-bond acceptors (Lipinski definition) is 9. The van der Waals surface area contributed by atoms with E-state index in [-0.39, 0.29) is 31.0 Å². The number of anilines is 1. The van der Waals surface area contributed by atoms with Gasteiger partial charge in [-0.2, -0.15) is 10.5 Å². The molecule has 248 valence electrons. The summed E-state index contributed by atoms with van der Waals surface area (Å²) in [6.45, 7) is 8.94. The zero-order valence-corrected chi connectivity index (χ0v) is 27.6. The SMILES string of the molecule is Cc1cc(C)cc(CN2CCN(CCC(=O)N(Cc3ccc(O)c([N+](=O)[O-])c3)c3cccc(CN4CCCCC4)c3)C2=C(C#N)C#N)c1. The van der Waals surface area contributed by atoms with Gasteiger partial charge in [-0.05, 0) is 74.7 Å². The molecule has 3 aromatic rings. The Kier molecular flexibility index (Phi) is 10.9. The number of nitro benzene ring substituents is 1. The molecule has 1 amide bonds. The van der Waals surface area contributed by atoms with Gasteiger partial charge in [0.15, 0.2) is 11.3 Å². The van der Waals surface area contributed by atoms with Crippen LogP contribution in [0.1, 0.15) is 53.5 Å². The molecule has 0 aromatic heterocycles. The smallest absolute Gasteiger partial charge is 0.311 e. The fraction of sp³-hybridized carbons (Fsp3) is 0.378. The van der Waals surface area contributed by atoms with Gasteiger partial charge in [-0.15, -0.1) is 0 Å². The third kappa shape index (κ3) is 8.30. The number of rotatable bonds is 11. The summed E-state index contributed by atoms with van der Waals surface area (Å²) in [4.78, 5) is 33.0. The Morgan fingerprint density at radius 2 is 1.58 bits per heavy atom. The van der Waals surface area contributed by atoms with E-state index in [1.807, 2.05) is 47.9 Å². The maximum atomic E-state index is 14.1. The van der Waals surface area contributed by atoms with Crippen LogP contribution in [0.15, 0.2) is 72.1 Å². The highest BCUT2D eigenvalue weighted by Crippen LogP contribution is 2.30. The van der Waals surface area contributed by atoms with Crippen molar-refractivity contribution in [2.45, 2.75) is 59.2 Å². The van der Waals surface area contributed by atoms with Gasteiger partial charge in [0, 0.05) is 50.9 Å². The minimum atomic E-state index is -0.642. The Labute approximate surface area is 281 Å². The number of phenolic OH excluding ortho intramolecular Hbond substituents is 1. The summed E-state index contributed by atoms with van der Waals surface area (Å²) in [7, 11) is 0. The van der Waals surface area contributed by atoms with Gasteiger partial charge in [-0.25, -0.2) is 0 Å². The lowest BCUT2D eigenvalue weighted by Crippen LogP contribution is -2.34. The van der Waals surface area contributed by atoms with Crippen LogP contribution in [0.4, 0.5) is 11.4 Å². The zero-order chi connectivity index (χ0) is 34.2. The topological polar surface area (TPSA) is 141 Å². The summed E-state index contributed by atoms with van der Waals surface area (Å²) < 4.78 is 0. The lowest BCUT2D eigenvalue weighted by Gasteiger charge is -2.28. The van der Waals surface area contributed by atoms with E-state index in [4.69, 9.17) is 0 Å². The van der Waals surface area contributed by atoms with Crippen molar-refractivity contribution >= 4 is 17.3 Å². The first-order valence-corrected chi connectivity index (χ1v) is 16.3. The van der Waals surface area contributed by atoms with Crippen molar-refractivity contribution < 1.29 is 14.8 Å². The number of likely N-dealkylation sites (tertiary alicyclic amines) is 1. The Hall–Kier alpha value is -5.39. The van der Waals surface area contributed by atoms with Crippen LogP contribution >= 0.6 is 0 Å². The van der Waals surface area contributed by atoms with Crippen molar-refractivity contribution in [2.75, 3.05) is 37.6 Å². The Bertz CT molecular complexity index is 1750. The second kappa shape index (κ2) is 15.5. The van der Waals surface area contributed by atoms with Gasteiger partial charge in [-0.3, -0.25) is 19.8 Å².